The predicted molar refractivity (Wildman–Crippen MR) is 200 cm³/mol. The molecule has 12 nitrogen and oxygen atoms in total. The van der Waals surface area contributed by atoms with E-state index in [9.17, 15) is 24.3 Å². The molecule has 3 aliphatic heterocycles. The molecule has 2 amide bonds. The Labute approximate surface area is 323 Å². The number of aliphatic hydroxyl groups is 1. The van der Waals surface area contributed by atoms with Crippen molar-refractivity contribution in [3.8, 4) is 0 Å². The number of fused-ring (bicyclic) bond motifs is 2. The van der Waals surface area contributed by atoms with Crippen molar-refractivity contribution >= 4 is 29.8 Å². The first kappa shape index (κ1) is 38.3. The highest BCUT2D eigenvalue weighted by molar-refractivity contribution is 5.98. The number of nitrogens with one attached hydrogen (secondary N) is 1. The largest absolute Gasteiger partial charge is 0.460 e. The SMILES string of the molecule is CC(C)(C)OC(=O)CCC(CO)NC(=O)C1CCCN1C(=O)C1=CC2OC(C3CC3)(C3CC3)OC2C(OC(=O)c2ccc(C=CC3CCC4OC4C3)cc2)C1. The number of amides is 2. The number of ether oxygens (including phenoxy) is 5. The molecule has 3 saturated heterocycles. The lowest BCUT2D eigenvalue weighted by molar-refractivity contribution is -0.209. The lowest BCUT2D eigenvalue weighted by atomic mass is 9.89. The number of hydrogen-bond donors (Lipinski definition) is 2. The van der Waals surface area contributed by atoms with E-state index in [1.807, 2.05) is 18.2 Å². The van der Waals surface area contributed by atoms with Gasteiger partial charge in [0.15, 0.2) is 5.79 Å². The number of likely N-dealkylation sites (tertiary alicyclic amines) is 1. The number of allylic oxidation sites excluding steroid dienone is 1. The molecule has 2 N–H and O–H groups in total. The summed E-state index contributed by atoms with van der Waals surface area (Å²) in [5.41, 5.74) is 1.22. The highest BCUT2D eigenvalue weighted by Gasteiger charge is 2.64. The Morgan fingerprint density at radius 1 is 1.00 bits per heavy atom. The standard InChI is InChI=1S/C43H56N2O10/c1-42(2,3)54-37(47)19-17-31(24-46)44-39(48)32-5-4-20-45(32)40(49)28-22-35(38-36(23-28)53-43(55-38,29-13-14-29)30-15-16-30)52-41(50)27-11-8-25(9-12-27)6-7-26-10-18-33-34(21-26)51-33/h6-9,11-12,23,26,29-36,38,46H,4-5,10,13-22,24H2,1-3H3,(H,44,48). The number of carbonyl (C=O) groups excluding carboxylic acids is 4. The first-order valence-corrected chi connectivity index (χ1v) is 20.5. The van der Waals surface area contributed by atoms with E-state index in [0.29, 0.717) is 48.6 Å². The van der Waals surface area contributed by atoms with Crippen LogP contribution in [0, 0.1) is 17.8 Å². The van der Waals surface area contributed by atoms with Crippen LogP contribution in [-0.2, 0) is 38.1 Å². The minimum absolute atomic E-state index is 0.0371. The topological polar surface area (TPSA) is 153 Å². The van der Waals surface area contributed by atoms with Gasteiger partial charge >= 0.3 is 11.9 Å². The highest BCUT2D eigenvalue weighted by Crippen LogP contribution is 2.59. The van der Waals surface area contributed by atoms with Crippen LogP contribution in [0.4, 0.5) is 0 Å². The van der Waals surface area contributed by atoms with Gasteiger partial charge in [0.25, 0.3) is 0 Å². The normalized spacial score (nSPS) is 31.6. The summed E-state index contributed by atoms with van der Waals surface area (Å²) in [7, 11) is 0. The molecule has 12 heteroatoms. The predicted octanol–water partition coefficient (Wildman–Crippen LogP) is 5.01. The minimum atomic E-state index is -0.762. The smallest absolute Gasteiger partial charge is 0.338 e. The lowest BCUT2D eigenvalue weighted by Crippen LogP contribution is -2.51. The van der Waals surface area contributed by atoms with Crippen molar-refractivity contribution < 1.29 is 48.0 Å². The summed E-state index contributed by atoms with van der Waals surface area (Å²) in [6, 6.07) is 5.98. The van der Waals surface area contributed by atoms with Crippen LogP contribution in [0.25, 0.3) is 6.08 Å². The quantitative estimate of drug-likeness (QED) is 0.207. The Bertz CT molecular complexity index is 1680. The van der Waals surface area contributed by atoms with Crippen molar-refractivity contribution in [3.05, 3.63) is 53.1 Å². The fraction of sp³-hybridized carbons (Fsp3) is 0.674. The molecular formula is C43H56N2O10. The van der Waals surface area contributed by atoms with Gasteiger partial charge in [0.05, 0.1) is 30.4 Å². The summed E-state index contributed by atoms with van der Waals surface area (Å²) in [6.07, 6.45) is 14.0. The van der Waals surface area contributed by atoms with Crippen LogP contribution in [0.1, 0.15) is 114 Å². The van der Waals surface area contributed by atoms with Gasteiger partial charge in [0.2, 0.25) is 11.8 Å². The molecule has 3 heterocycles. The van der Waals surface area contributed by atoms with Crippen molar-refractivity contribution in [1.29, 1.82) is 0 Å². The Hall–Kier alpha value is -3.58. The molecule has 298 valence electrons. The average molecular weight is 761 g/mol. The number of rotatable bonds is 13. The molecule has 8 atom stereocenters. The number of hydrogen-bond acceptors (Lipinski definition) is 10. The van der Waals surface area contributed by atoms with Gasteiger partial charge in [-0.05, 0) is 115 Å². The van der Waals surface area contributed by atoms with Crippen LogP contribution < -0.4 is 5.32 Å². The van der Waals surface area contributed by atoms with Gasteiger partial charge in [-0.25, -0.2) is 4.79 Å². The molecule has 7 aliphatic rings. The van der Waals surface area contributed by atoms with Crippen LogP contribution in [-0.4, -0.2) is 101 Å². The van der Waals surface area contributed by atoms with E-state index in [1.165, 1.54) is 0 Å². The maximum Gasteiger partial charge on any atom is 0.338 e. The van der Waals surface area contributed by atoms with Crippen LogP contribution in [0.15, 0.2) is 42.0 Å². The molecule has 4 aliphatic carbocycles. The number of epoxide rings is 1. The zero-order valence-corrected chi connectivity index (χ0v) is 32.3. The summed E-state index contributed by atoms with van der Waals surface area (Å²) < 4.78 is 30.8. The molecule has 0 radical (unpaired) electrons. The van der Waals surface area contributed by atoms with Gasteiger partial charge in [0, 0.05) is 36.8 Å². The highest BCUT2D eigenvalue weighted by atomic mass is 16.8. The maximum atomic E-state index is 14.3. The van der Waals surface area contributed by atoms with E-state index in [4.69, 9.17) is 23.7 Å². The second kappa shape index (κ2) is 15.4. The third kappa shape index (κ3) is 8.72. The Morgan fingerprint density at radius 3 is 2.42 bits per heavy atom. The molecule has 55 heavy (non-hydrogen) atoms. The maximum absolute atomic E-state index is 14.3. The van der Waals surface area contributed by atoms with Crippen LogP contribution in [0.2, 0.25) is 0 Å². The Balaban J connectivity index is 0.941. The van der Waals surface area contributed by atoms with Crippen molar-refractivity contribution in [3.63, 3.8) is 0 Å². The number of aliphatic hydroxyl groups excluding tert-OH is 1. The first-order chi connectivity index (χ1) is 26.4. The molecule has 8 unspecified atom stereocenters. The number of carbonyl (C=O) groups is 4. The Kier molecular flexibility index (Phi) is 10.7. The molecule has 6 fully saturated rings. The first-order valence-electron chi connectivity index (χ1n) is 20.5. The van der Waals surface area contributed by atoms with Crippen molar-refractivity contribution in [2.24, 2.45) is 17.8 Å². The number of benzene rings is 1. The van der Waals surface area contributed by atoms with Crippen molar-refractivity contribution in [2.75, 3.05) is 13.2 Å². The lowest BCUT2D eigenvalue weighted by Gasteiger charge is -2.33. The fourth-order valence-electron chi connectivity index (χ4n) is 9.01. The van der Waals surface area contributed by atoms with Gasteiger partial charge < -0.3 is 39.0 Å². The monoisotopic (exact) mass is 760 g/mol. The third-order valence-electron chi connectivity index (χ3n) is 12.2. The second-order valence-electron chi connectivity index (χ2n) is 17.7. The van der Waals surface area contributed by atoms with Gasteiger partial charge in [-0.15, -0.1) is 0 Å². The average Bonchev–Trinajstić information content (AvgIpc) is 4.09. The molecule has 1 aromatic rings. The zero-order valence-electron chi connectivity index (χ0n) is 32.3. The van der Waals surface area contributed by atoms with Gasteiger partial charge in [0.1, 0.15) is 30.0 Å². The summed E-state index contributed by atoms with van der Waals surface area (Å²) >= 11 is 0. The molecule has 0 bridgehead atoms. The molecule has 0 aromatic heterocycles. The summed E-state index contributed by atoms with van der Waals surface area (Å²) in [5, 5.41) is 12.9. The van der Waals surface area contributed by atoms with Crippen LogP contribution in [0.5, 0.6) is 0 Å². The molecule has 0 spiro atoms. The van der Waals surface area contributed by atoms with E-state index >= 15 is 0 Å². The number of esters is 2. The summed E-state index contributed by atoms with van der Waals surface area (Å²) in [6.45, 7) is 5.38. The molecule has 8 rings (SSSR count). The minimum Gasteiger partial charge on any atom is -0.460 e. The van der Waals surface area contributed by atoms with Gasteiger partial charge in [-0.3, -0.25) is 14.4 Å². The third-order valence-corrected chi connectivity index (χ3v) is 12.2. The molecule has 3 saturated carbocycles. The second-order valence-corrected chi connectivity index (χ2v) is 17.7. The van der Waals surface area contributed by atoms with Crippen LogP contribution in [0.3, 0.4) is 0 Å². The molecular weight excluding hydrogens is 704 g/mol. The summed E-state index contributed by atoms with van der Waals surface area (Å²) in [4.78, 5) is 55.4. The van der Waals surface area contributed by atoms with Crippen molar-refractivity contribution in [2.45, 2.75) is 152 Å². The Morgan fingerprint density at radius 2 is 1.75 bits per heavy atom. The van der Waals surface area contributed by atoms with Gasteiger partial charge in [-0.2, -0.15) is 0 Å². The fourth-order valence-corrected chi connectivity index (χ4v) is 9.01. The zero-order chi connectivity index (χ0) is 38.5. The van der Waals surface area contributed by atoms with Gasteiger partial charge in [-0.1, -0.05) is 24.3 Å². The van der Waals surface area contributed by atoms with Crippen LogP contribution >= 0.6 is 0 Å². The van der Waals surface area contributed by atoms with E-state index in [1.54, 1.807) is 37.8 Å². The summed E-state index contributed by atoms with van der Waals surface area (Å²) in [5.74, 6) is -1.25. The molecule has 1 aromatic carbocycles. The van der Waals surface area contributed by atoms with E-state index in [0.717, 1.165) is 50.5 Å². The van der Waals surface area contributed by atoms with E-state index in [2.05, 4.69) is 17.5 Å². The van der Waals surface area contributed by atoms with Crippen molar-refractivity contribution in [1.82, 2.24) is 10.2 Å². The van der Waals surface area contributed by atoms with E-state index < -0.39 is 53.7 Å². The van der Waals surface area contributed by atoms with E-state index in [-0.39, 0.29) is 49.5 Å². The number of nitrogens with zero attached hydrogens (tertiary/aromatic N) is 1.